The number of nitriles is 1. The average Bonchev–Trinajstić information content (AvgIpc) is 3.39. The van der Waals surface area contributed by atoms with Crippen molar-refractivity contribution in [2.24, 2.45) is 11.8 Å². The van der Waals surface area contributed by atoms with Crippen molar-refractivity contribution in [2.75, 3.05) is 24.6 Å². The third-order valence-corrected chi connectivity index (χ3v) is 6.44. The van der Waals surface area contributed by atoms with Crippen LogP contribution in [0.4, 0.5) is 5.82 Å². The molecule has 0 aromatic carbocycles. The zero-order valence-corrected chi connectivity index (χ0v) is 16.7. The molecule has 4 heterocycles. The molecule has 2 aliphatic rings. The van der Waals surface area contributed by atoms with E-state index in [1.54, 1.807) is 10.7 Å². The highest BCUT2D eigenvalue weighted by Gasteiger charge is 2.33. The van der Waals surface area contributed by atoms with E-state index in [1.165, 1.54) is 25.7 Å². The van der Waals surface area contributed by atoms with E-state index in [0.717, 1.165) is 53.1 Å². The van der Waals surface area contributed by atoms with Gasteiger partial charge in [-0.05, 0) is 49.8 Å². The largest absolute Gasteiger partial charge is 0.492 e. The van der Waals surface area contributed by atoms with Crippen molar-refractivity contribution < 1.29 is 4.74 Å². The van der Waals surface area contributed by atoms with E-state index in [1.807, 2.05) is 25.4 Å². The Kier molecular flexibility index (Phi) is 4.59. The predicted molar refractivity (Wildman–Crippen MR) is 112 cm³/mol. The number of piperidine rings is 1. The van der Waals surface area contributed by atoms with Crippen molar-refractivity contribution in [3.63, 3.8) is 0 Å². The molecule has 0 radical (unpaired) electrons. The van der Waals surface area contributed by atoms with E-state index < -0.39 is 0 Å². The van der Waals surface area contributed by atoms with Crippen molar-refractivity contribution in [1.29, 1.82) is 5.26 Å². The van der Waals surface area contributed by atoms with Crippen LogP contribution in [0.3, 0.4) is 0 Å². The number of ether oxygens (including phenoxy) is 1. The Labute approximate surface area is 170 Å². The topological polar surface area (TPSA) is 66.5 Å². The summed E-state index contributed by atoms with van der Waals surface area (Å²) in [6.45, 7) is 4.75. The summed E-state index contributed by atoms with van der Waals surface area (Å²) >= 11 is 0. The summed E-state index contributed by atoms with van der Waals surface area (Å²) in [6.07, 6.45) is 10.8. The number of rotatable bonds is 4. The van der Waals surface area contributed by atoms with Gasteiger partial charge in [0, 0.05) is 30.4 Å². The summed E-state index contributed by atoms with van der Waals surface area (Å²) in [5.41, 5.74) is 3.22. The van der Waals surface area contributed by atoms with Gasteiger partial charge in [-0.2, -0.15) is 10.4 Å². The number of pyridine rings is 2. The molecule has 3 aromatic heterocycles. The fraction of sp³-hybridized carbons (Fsp3) is 0.435. The average molecular weight is 387 g/mol. The Morgan fingerprint density at radius 2 is 2.10 bits per heavy atom. The molecule has 148 valence electrons. The molecule has 0 spiro atoms. The Hall–Kier alpha value is -3.07. The van der Waals surface area contributed by atoms with Crippen molar-refractivity contribution in [3.8, 4) is 22.9 Å². The fourth-order valence-corrected chi connectivity index (χ4v) is 5.02. The van der Waals surface area contributed by atoms with Crippen LogP contribution in [0.5, 0.6) is 5.75 Å². The first-order valence-corrected chi connectivity index (χ1v) is 10.5. The van der Waals surface area contributed by atoms with Gasteiger partial charge >= 0.3 is 0 Å². The third-order valence-electron chi connectivity index (χ3n) is 6.44. The minimum absolute atomic E-state index is 0.551. The molecule has 0 unspecified atom stereocenters. The fourth-order valence-electron chi connectivity index (χ4n) is 5.02. The molecule has 29 heavy (non-hydrogen) atoms. The monoisotopic (exact) mass is 387 g/mol. The highest BCUT2D eigenvalue weighted by atomic mass is 16.5. The van der Waals surface area contributed by atoms with E-state index in [4.69, 9.17) is 9.72 Å². The van der Waals surface area contributed by atoms with Crippen LogP contribution in [-0.2, 0) is 0 Å². The highest BCUT2D eigenvalue weighted by Crippen LogP contribution is 2.39. The molecule has 6 nitrogen and oxygen atoms in total. The molecule has 1 aliphatic carbocycles. The molecule has 0 N–H and O–H groups in total. The molecular formula is C23H25N5O. The minimum Gasteiger partial charge on any atom is -0.492 e. The molecule has 2 atom stereocenters. The summed E-state index contributed by atoms with van der Waals surface area (Å²) in [6, 6.07) is 8.42. The van der Waals surface area contributed by atoms with Gasteiger partial charge in [0.1, 0.15) is 17.6 Å². The molecule has 0 amide bonds. The van der Waals surface area contributed by atoms with E-state index in [-0.39, 0.29) is 0 Å². The van der Waals surface area contributed by atoms with Crippen LogP contribution in [-0.4, -0.2) is 34.3 Å². The first-order chi connectivity index (χ1) is 14.3. The van der Waals surface area contributed by atoms with Gasteiger partial charge in [0.2, 0.25) is 0 Å². The van der Waals surface area contributed by atoms with E-state index in [9.17, 15) is 5.26 Å². The Morgan fingerprint density at radius 3 is 2.90 bits per heavy atom. The van der Waals surface area contributed by atoms with Gasteiger partial charge in [0.05, 0.1) is 30.1 Å². The van der Waals surface area contributed by atoms with Crippen LogP contribution in [0.15, 0.2) is 36.8 Å². The second-order valence-electron chi connectivity index (χ2n) is 8.08. The van der Waals surface area contributed by atoms with Gasteiger partial charge in [-0.3, -0.25) is 0 Å². The number of hydrogen-bond acceptors (Lipinski definition) is 5. The first-order valence-electron chi connectivity index (χ1n) is 10.5. The van der Waals surface area contributed by atoms with E-state index in [2.05, 4.69) is 28.2 Å². The first kappa shape index (κ1) is 18.0. The molecule has 0 bridgehead atoms. The second kappa shape index (κ2) is 7.40. The third kappa shape index (κ3) is 3.21. The zero-order chi connectivity index (χ0) is 19.8. The maximum Gasteiger partial charge on any atom is 0.138 e. The van der Waals surface area contributed by atoms with Gasteiger partial charge in [-0.25, -0.2) is 9.50 Å². The van der Waals surface area contributed by atoms with Crippen LogP contribution in [0.25, 0.3) is 16.6 Å². The summed E-state index contributed by atoms with van der Waals surface area (Å²) in [4.78, 5) is 7.22. The molecule has 1 aliphatic heterocycles. The van der Waals surface area contributed by atoms with Crippen molar-refractivity contribution in [2.45, 2.75) is 32.6 Å². The molecule has 5 rings (SSSR count). The van der Waals surface area contributed by atoms with Crippen molar-refractivity contribution in [3.05, 3.63) is 42.4 Å². The van der Waals surface area contributed by atoms with Crippen LogP contribution in [0.2, 0.25) is 0 Å². The van der Waals surface area contributed by atoms with E-state index >= 15 is 0 Å². The number of anilines is 1. The zero-order valence-electron chi connectivity index (χ0n) is 16.7. The van der Waals surface area contributed by atoms with Gasteiger partial charge in [0.15, 0.2) is 0 Å². The lowest BCUT2D eigenvalue weighted by Gasteiger charge is -2.35. The normalized spacial score (nSPS) is 21.2. The number of fused-ring (bicyclic) bond motifs is 2. The summed E-state index contributed by atoms with van der Waals surface area (Å²) in [7, 11) is 0. The summed E-state index contributed by atoms with van der Waals surface area (Å²) < 4.78 is 7.43. The maximum atomic E-state index is 9.50. The quantitative estimate of drug-likeness (QED) is 0.668. The number of hydrogen-bond donors (Lipinski definition) is 0. The Bertz CT molecular complexity index is 1070. The predicted octanol–water partition coefficient (Wildman–Crippen LogP) is 4.29. The van der Waals surface area contributed by atoms with Crippen LogP contribution in [0, 0.1) is 23.2 Å². The summed E-state index contributed by atoms with van der Waals surface area (Å²) in [5.74, 6) is 3.53. The summed E-state index contributed by atoms with van der Waals surface area (Å²) in [5, 5.41) is 13.8. The number of aromatic nitrogens is 3. The SMILES string of the molecule is CCOc1cc(-c2ccc(N3CC[C@@H]4CCC[C@@H]4C3)nc2)c2c(C#N)cnn2c1. The van der Waals surface area contributed by atoms with Crippen LogP contribution >= 0.6 is 0 Å². The molecule has 6 heteroatoms. The lowest BCUT2D eigenvalue weighted by atomic mass is 9.89. The van der Waals surface area contributed by atoms with Gasteiger partial charge in [-0.15, -0.1) is 0 Å². The van der Waals surface area contributed by atoms with Crippen molar-refractivity contribution in [1.82, 2.24) is 14.6 Å². The molecule has 1 saturated heterocycles. The maximum absolute atomic E-state index is 9.50. The lowest BCUT2D eigenvalue weighted by molar-refractivity contribution is 0.323. The molecule has 3 aromatic rings. The highest BCUT2D eigenvalue weighted by molar-refractivity contribution is 5.85. The van der Waals surface area contributed by atoms with Crippen LogP contribution < -0.4 is 9.64 Å². The Morgan fingerprint density at radius 1 is 1.21 bits per heavy atom. The standard InChI is InChI=1S/C23H25N5O/c1-2-29-20-10-21(23-19(11-24)13-26-28(23)15-20)17-6-7-22(25-12-17)27-9-8-16-4-3-5-18(16)14-27/h6-7,10,12-13,15-16,18H,2-5,8-9,14H2,1H3/t16-,18+/m0/s1. The second-order valence-corrected chi connectivity index (χ2v) is 8.08. The van der Waals surface area contributed by atoms with Gasteiger partial charge < -0.3 is 9.64 Å². The number of nitrogens with zero attached hydrogens (tertiary/aromatic N) is 5. The van der Waals surface area contributed by atoms with Gasteiger partial charge in [-0.1, -0.05) is 12.8 Å². The van der Waals surface area contributed by atoms with E-state index in [0.29, 0.717) is 12.2 Å². The van der Waals surface area contributed by atoms with Crippen LogP contribution in [0.1, 0.15) is 38.2 Å². The lowest BCUT2D eigenvalue weighted by Crippen LogP contribution is -2.38. The van der Waals surface area contributed by atoms with Crippen molar-refractivity contribution >= 4 is 11.3 Å². The Balaban J connectivity index is 1.49. The van der Waals surface area contributed by atoms with Gasteiger partial charge in [0.25, 0.3) is 0 Å². The minimum atomic E-state index is 0.551. The molecule has 1 saturated carbocycles. The molecule has 2 fully saturated rings. The molecular weight excluding hydrogens is 362 g/mol. The smallest absolute Gasteiger partial charge is 0.138 e.